The molecule has 104 valence electrons. The highest BCUT2D eigenvalue weighted by Gasteiger charge is 2.38. The number of primary sulfonamides is 1. The zero-order chi connectivity index (χ0) is 14.4. The molecule has 1 aromatic rings. The summed E-state index contributed by atoms with van der Waals surface area (Å²) < 4.78 is 36.4. The van der Waals surface area contributed by atoms with Crippen LogP contribution in [0.5, 0.6) is 0 Å². The number of rotatable bonds is 2. The topological polar surface area (TPSA) is 80.5 Å². The molecule has 1 aromatic carbocycles. The normalized spacial score (nSPS) is 20.1. The summed E-state index contributed by atoms with van der Waals surface area (Å²) in [6.45, 7) is -0.202. The van der Waals surface area contributed by atoms with E-state index in [1.165, 1.54) is 12.1 Å². The molecule has 2 N–H and O–H groups in total. The summed E-state index contributed by atoms with van der Waals surface area (Å²) in [5.74, 6) is -1.39. The van der Waals surface area contributed by atoms with Crippen molar-refractivity contribution < 1.29 is 17.6 Å². The summed E-state index contributed by atoms with van der Waals surface area (Å²) in [4.78, 5) is 12.8. The van der Waals surface area contributed by atoms with Gasteiger partial charge in [0.25, 0.3) is 0 Å². The minimum Gasteiger partial charge on any atom is -0.308 e. The van der Waals surface area contributed by atoms with Gasteiger partial charge in [0.1, 0.15) is 5.25 Å². The third-order valence-corrected chi connectivity index (χ3v) is 4.89. The Labute approximate surface area is 119 Å². The molecule has 1 unspecified atom stereocenters. The van der Waals surface area contributed by atoms with Gasteiger partial charge in [-0.15, -0.1) is 0 Å². The fourth-order valence-corrected chi connectivity index (χ4v) is 2.89. The molecule has 0 aliphatic carbocycles. The lowest BCUT2D eigenvalue weighted by atomic mass is 10.3. The highest BCUT2D eigenvalue weighted by atomic mass is 35.5. The molecule has 0 aromatic heterocycles. The lowest BCUT2D eigenvalue weighted by Crippen LogP contribution is -2.32. The molecule has 2 rings (SSSR count). The lowest BCUT2D eigenvalue weighted by Gasteiger charge is -2.18. The van der Waals surface area contributed by atoms with Gasteiger partial charge in [-0.3, -0.25) is 4.79 Å². The van der Waals surface area contributed by atoms with Gasteiger partial charge >= 0.3 is 0 Å². The van der Waals surface area contributed by atoms with E-state index >= 15 is 0 Å². The van der Waals surface area contributed by atoms with Gasteiger partial charge in [-0.05, 0) is 12.1 Å². The third-order valence-electron chi connectivity index (χ3n) is 2.86. The SMILES string of the molecule is NS(=O)(=O)C1CC(=O)N(c2ccc(Cl)c(Cl)c2F)C1. The Balaban J connectivity index is 2.39. The van der Waals surface area contributed by atoms with Crippen LogP contribution >= 0.6 is 23.2 Å². The number of carbonyl (C=O) groups excluding carboxylic acids is 1. The summed E-state index contributed by atoms with van der Waals surface area (Å²) >= 11 is 11.3. The predicted octanol–water partition coefficient (Wildman–Crippen LogP) is 1.53. The smallest absolute Gasteiger partial charge is 0.228 e. The van der Waals surface area contributed by atoms with Crippen molar-refractivity contribution in [2.24, 2.45) is 5.14 Å². The van der Waals surface area contributed by atoms with Crippen molar-refractivity contribution in [1.82, 2.24) is 0 Å². The maximum Gasteiger partial charge on any atom is 0.228 e. The zero-order valence-corrected chi connectivity index (χ0v) is 11.8. The van der Waals surface area contributed by atoms with Crippen molar-refractivity contribution in [3.05, 3.63) is 28.0 Å². The van der Waals surface area contributed by atoms with E-state index in [1.54, 1.807) is 0 Å². The average molecular weight is 327 g/mol. The first kappa shape index (κ1) is 14.5. The second-order valence-electron chi connectivity index (χ2n) is 4.11. The molecule has 1 heterocycles. The van der Waals surface area contributed by atoms with Crippen LogP contribution in [0.4, 0.5) is 10.1 Å². The van der Waals surface area contributed by atoms with Crippen LogP contribution in [0.3, 0.4) is 0 Å². The molecule has 1 aliphatic heterocycles. The Hall–Kier alpha value is -0.890. The Morgan fingerprint density at radius 2 is 2.00 bits per heavy atom. The van der Waals surface area contributed by atoms with E-state index in [-0.39, 0.29) is 28.7 Å². The molecule has 19 heavy (non-hydrogen) atoms. The number of anilines is 1. The van der Waals surface area contributed by atoms with Crippen molar-refractivity contribution in [1.29, 1.82) is 0 Å². The monoisotopic (exact) mass is 326 g/mol. The Morgan fingerprint density at radius 3 is 2.53 bits per heavy atom. The van der Waals surface area contributed by atoms with E-state index in [0.717, 1.165) is 4.90 Å². The van der Waals surface area contributed by atoms with E-state index in [9.17, 15) is 17.6 Å². The molecule has 0 radical (unpaired) electrons. The number of hydrogen-bond donors (Lipinski definition) is 1. The second-order valence-corrected chi connectivity index (χ2v) is 6.74. The van der Waals surface area contributed by atoms with Crippen LogP contribution in [0, 0.1) is 5.82 Å². The first-order chi connectivity index (χ1) is 8.71. The van der Waals surface area contributed by atoms with Crippen molar-refractivity contribution in [2.45, 2.75) is 11.7 Å². The van der Waals surface area contributed by atoms with Crippen LogP contribution < -0.4 is 10.0 Å². The van der Waals surface area contributed by atoms with Gasteiger partial charge in [0, 0.05) is 13.0 Å². The van der Waals surface area contributed by atoms with E-state index in [2.05, 4.69) is 0 Å². The molecular weight excluding hydrogens is 318 g/mol. The molecular formula is C10H9Cl2FN2O3S. The number of amides is 1. The largest absolute Gasteiger partial charge is 0.308 e. The van der Waals surface area contributed by atoms with Crippen molar-refractivity contribution in [2.75, 3.05) is 11.4 Å². The Morgan fingerprint density at radius 1 is 1.37 bits per heavy atom. The Bertz CT molecular complexity index is 650. The second kappa shape index (κ2) is 4.90. The number of nitrogens with two attached hydrogens (primary N) is 1. The predicted molar refractivity (Wildman–Crippen MR) is 70.3 cm³/mol. The maximum atomic E-state index is 13.9. The highest BCUT2D eigenvalue weighted by molar-refractivity contribution is 7.89. The zero-order valence-electron chi connectivity index (χ0n) is 9.44. The molecule has 1 saturated heterocycles. The molecule has 0 spiro atoms. The number of sulfonamides is 1. The summed E-state index contributed by atoms with van der Waals surface area (Å²) in [6, 6.07) is 2.60. The fraction of sp³-hybridized carbons (Fsp3) is 0.300. The number of hydrogen-bond acceptors (Lipinski definition) is 3. The fourth-order valence-electron chi connectivity index (χ4n) is 1.85. The Kier molecular flexibility index (Phi) is 3.74. The molecule has 1 fully saturated rings. The van der Waals surface area contributed by atoms with Crippen molar-refractivity contribution in [3.63, 3.8) is 0 Å². The number of nitrogens with zero attached hydrogens (tertiary/aromatic N) is 1. The molecule has 1 aliphatic rings. The average Bonchev–Trinajstić information content (AvgIpc) is 2.68. The minimum absolute atomic E-state index is 0.0116. The van der Waals surface area contributed by atoms with Crippen LogP contribution in [0.2, 0.25) is 10.0 Å². The molecule has 0 saturated carbocycles. The lowest BCUT2D eigenvalue weighted by molar-refractivity contribution is -0.117. The first-order valence-corrected chi connectivity index (χ1v) is 7.54. The summed E-state index contributed by atoms with van der Waals surface area (Å²) in [5, 5.41) is 3.64. The third kappa shape index (κ3) is 2.69. The molecule has 0 bridgehead atoms. The van der Waals surface area contributed by atoms with E-state index in [0.29, 0.717) is 0 Å². The summed E-state index contributed by atoms with van der Waals surface area (Å²) in [5.41, 5.74) is -0.106. The molecule has 5 nitrogen and oxygen atoms in total. The minimum atomic E-state index is -3.85. The van der Waals surface area contributed by atoms with Crippen LogP contribution in [-0.2, 0) is 14.8 Å². The molecule has 9 heteroatoms. The first-order valence-electron chi connectivity index (χ1n) is 5.17. The summed E-state index contributed by atoms with van der Waals surface area (Å²) in [7, 11) is -3.85. The maximum absolute atomic E-state index is 13.9. The molecule has 1 amide bonds. The summed E-state index contributed by atoms with van der Waals surface area (Å²) in [6.07, 6.45) is -0.279. The van der Waals surface area contributed by atoms with Gasteiger partial charge in [-0.2, -0.15) is 0 Å². The van der Waals surface area contributed by atoms with E-state index < -0.39 is 27.0 Å². The van der Waals surface area contributed by atoms with Gasteiger partial charge in [0.05, 0.1) is 15.7 Å². The van der Waals surface area contributed by atoms with Crippen molar-refractivity contribution in [3.8, 4) is 0 Å². The van der Waals surface area contributed by atoms with E-state index in [4.69, 9.17) is 28.3 Å². The number of carbonyl (C=O) groups is 1. The number of benzene rings is 1. The van der Waals surface area contributed by atoms with Gasteiger partial charge in [-0.1, -0.05) is 23.2 Å². The van der Waals surface area contributed by atoms with Crippen LogP contribution in [0.15, 0.2) is 12.1 Å². The van der Waals surface area contributed by atoms with Crippen molar-refractivity contribution >= 4 is 44.8 Å². The number of halogens is 3. The van der Waals surface area contributed by atoms with Crippen LogP contribution in [0.1, 0.15) is 6.42 Å². The van der Waals surface area contributed by atoms with E-state index in [1.807, 2.05) is 0 Å². The van der Waals surface area contributed by atoms with Gasteiger partial charge in [-0.25, -0.2) is 17.9 Å². The van der Waals surface area contributed by atoms with Gasteiger partial charge in [0.15, 0.2) is 5.82 Å². The van der Waals surface area contributed by atoms with Crippen LogP contribution in [0.25, 0.3) is 0 Å². The van der Waals surface area contributed by atoms with Gasteiger partial charge < -0.3 is 4.90 Å². The highest BCUT2D eigenvalue weighted by Crippen LogP contribution is 2.34. The standard InChI is InChI=1S/C10H9Cl2FN2O3S/c11-6-1-2-7(10(13)9(6)12)15-4-5(3-8(15)16)19(14,17)18/h1-2,5H,3-4H2,(H2,14,17,18). The van der Waals surface area contributed by atoms with Gasteiger partial charge in [0.2, 0.25) is 15.9 Å². The quantitative estimate of drug-likeness (QED) is 0.837. The van der Waals surface area contributed by atoms with Crippen LogP contribution in [-0.4, -0.2) is 26.1 Å². The molecule has 1 atom stereocenters.